The van der Waals surface area contributed by atoms with Gasteiger partial charge in [-0.25, -0.2) is 0 Å². The highest BCUT2D eigenvalue weighted by Gasteiger charge is 2.38. The van der Waals surface area contributed by atoms with E-state index in [1.165, 1.54) is 5.56 Å². The van der Waals surface area contributed by atoms with Gasteiger partial charge < -0.3 is 15.9 Å². The predicted octanol–water partition coefficient (Wildman–Crippen LogP) is 1.13. The second-order valence-corrected chi connectivity index (χ2v) is 5.60. The quantitative estimate of drug-likeness (QED) is 0.537. The van der Waals surface area contributed by atoms with Gasteiger partial charge >= 0.3 is 0 Å². The summed E-state index contributed by atoms with van der Waals surface area (Å²) in [5.74, 6) is -1.73. The van der Waals surface area contributed by atoms with E-state index in [9.17, 15) is 10.2 Å². The fourth-order valence-electron chi connectivity index (χ4n) is 2.93. The largest absolute Gasteiger partial charge is 0.361 e. The second kappa shape index (κ2) is 5.02. The van der Waals surface area contributed by atoms with Crippen LogP contribution in [0.3, 0.4) is 0 Å². The molecular weight excluding hydrogens is 250 g/mol. The summed E-state index contributed by atoms with van der Waals surface area (Å²) in [7, 11) is 0. The van der Waals surface area contributed by atoms with Gasteiger partial charge in [-0.05, 0) is 28.7 Å². The highest BCUT2D eigenvalue weighted by Crippen LogP contribution is 2.32. The molecule has 3 heteroatoms. The zero-order valence-corrected chi connectivity index (χ0v) is 11.4. The van der Waals surface area contributed by atoms with Gasteiger partial charge in [-0.15, -0.1) is 0 Å². The van der Waals surface area contributed by atoms with Gasteiger partial charge in [0.05, 0.1) is 0 Å². The van der Waals surface area contributed by atoms with Crippen molar-refractivity contribution in [3.05, 3.63) is 59.7 Å². The molecule has 0 fully saturated rings. The lowest BCUT2D eigenvalue weighted by Crippen LogP contribution is -2.72. The first kappa shape index (κ1) is 13.3. The summed E-state index contributed by atoms with van der Waals surface area (Å²) in [6.45, 7) is 0. The Labute approximate surface area is 118 Å². The van der Waals surface area contributed by atoms with Crippen molar-refractivity contribution in [1.82, 2.24) is 0 Å². The fraction of sp³-hybridized carbons (Fsp3) is 0.294. The van der Waals surface area contributed by atoms with E-state index in [2.05, 4.69) is 23.9 Å². The molecule has 0 spiro atoms. The molecule has 3 rings (SSSR count). The van der Waals surface area contributed by atoms with Crippen molar-refractivity contribution in [1.29, 1.82) is 0 Å². The minimum atomic E-state index is -1.73. The molecule has 0 bridgehead atoms. The van der Waals surface area contributed by atoms with Gasteiger partial charge in [-0.2, -0.15) is 0 Å². The number of aryl methyl sites for hydroxylation is 1. The highest BCUT2D eigenvalue weighted by atomic mass is 16.5. The molecule has 0 amide bonds. The van der Waals surface area contributed by atoms with Gasteiger partial charge in [0.2, 0.25) is 5.79 Å². The van der Waals surface area contributed by atoms with Gasteiger partial charge in [0.1, 0.15) is 6.04 Å². The summed E-state index contributed by atoms with van der Waals surface area (Å²) >= 11 is 0. The lowest BCUT2D eigenvalue weighted by atomic mass is 9.91. The molecule has 1 aliphatic carbocycles. The van der Waals surface area contributed by atoms with Crippen LogP contribution in [0.4, 0.5) is 0 Å². The van der Waals surface area contributed by atoms with Crippen molar-refractivity contribution in [3.8, 4) is 11.1 Å². The van der Waals surface area contributed by atoms with Crippen LogP contribution in [-0.2, 0) is 12.8 Å². The smallest absolute Gasteiger partial charge is 0.220 e. The van der Waals surface area contributed by atoms with Crippen LogP contribution in [0.5, 0.6) is 0 Å². The highest BCUT2D eigenvalue weighted by molar-refractivity contribution is 5.69. The van der Waals surface area contributed by atoms with E-state index in [0.717, 1.165) is 23.1 Å². The van der Waals surface area contributed by atoms with Crippen LogP contribution >= 0.6 is 0 Å². The lowest BCUT2D eigenvalue weighted by molar-refractivity contribution is -0.482. The van der Waals surface area contributed by atoms with Crippen LogP contribution in [0.15, 0.2) is 48.5 Å². The summed E-state index contributed by atoms with van der Waals surface area (Å²) in [6.07, 6.45) is 1.77. The Bertz CT molecular complexity index is 608. The van der Waals surface area contributed by atoms with E-state index in [1.54, 1.807) is 0 Å². The first-order chi connectivity index (χ1) is 9.58. The standard InChI is InChI=1S/C17H19NO2/c18-16-10-9-13-7-4-8-14(12-5-2-1-3-6-12)15(13)11-17(16,19)20/h1-8,16,19-20H,9-11,18H2/p+1/t16-/m0/s1. The third-order valence-corrected chi connectivity index (χ3v) is 4.21. The number of quaternary nitrogens is 1. The van der Waals surface area contributed by atoms with Crippen LogP contribution in [0.25, 0.3) is 11.1 Å². The minimum Gasteiger partial charge on any atom is -0.361 e. The molecule has 1 atom stereocenters. The molecular formula is C17H20NO2+. The molecule has 0 aliphatic heterocycles. The molecule has 0 radical (unpaired) electrons. The first-order valence-corrected chi connectivity index (χ1v) is 7.02. The number of aliphatic hydroxyl groups is 2. The van der Waals surface area contributed by atoms with Gasteiger partial charge in [-0.1, -0.05) is 48.5 Å². The van der Waals surface area contributed by atoms with Crippen LogP contribution in [0, 0.1) is 0 Å². The molecule has 0 saturated heterocycles. The summed E-state index contributed by atoms with van der Waals surface area (Å²) in [6, 6.07) is 15.9. The van der Waals surface area contributed by atoms with Crippen molar-refractivity contribution in [3.63, 3.8) is 0 Å². The van der Waals surface area contributed by atoms with Crippen LogP contribution in [0.2, 0.25) is 0 Å². The average Bonchev–Trinajstić information content (AvgIpc) is 2.57. The van der Waals surface area contributed by atoms with E-state index in [0.29, 0.717) is 6.42 Å². The Hall–Kier alpha value is -1.68. The Morgan fingerprint density at radius 1 is 1.00 bits per heavy atom. The van der Waals surface area contributed by atoms with Crippen molar-refractivity contribution in [2.75, 3.05) is 0 Å². The molecule has 0 saturated carbocycles. The molecule has 0 aromatic heterocycles. The Morgan fingerprint density at radius 2 is 1.75 bits per heavy atom. The second-order valence-electron chi connectivity index (χ2n) is 5.60. The van der Waals surface area contributed by atoms with Gasteiger partial charge in [0.25, 0.3) is 0 Å². The van der Waals surface area contributed by atoms with Crippen molar-refractivity contribution in [2.24, 2.45) is 0 Å². The molecule has 0 heterocycles. The summed E-state index contributed by atoms with van der Waals surface area (Å²) in [4.78, 5) is 0. The Kier molecular flexibility index (Phi) is 3.34. The van der Waals surface area contributed by atoms with E-state index in [-0.39, 0.29) is 12.5 Å². The summed E-state index contributed by atoms with van der Waals surface area (Å²) < 4.78 is 0. The topological polar surface area (TPSA) is 68.1 Å². The molecule has 20 heavy (non-hydrogen) atoms. The summed E-state index contributed by atoms with van der Waals surface area (Å²) in [5, 5.41) is 20.5. The maximum absolute atomic E-state index is 10.2. The molecule has 0 unspecified atom stereocenters. The minimum absolute atomic E-state index is 0.238. The van der Waals surface area contributed by atoms with Crippen LogP contribution in [0.1, 0.15) is 17.5 Å². The number of hydrogen-bond acceptors (Lipinski definition) is 2. The van der Waals surface area contributed by atoms with Crippen LogP contribution in [-0.4, -0.2) is 22.0 Å². The summed E-state index contributed by atoms with van der Waals surface area (Å²) in [5.41, 5.74) is 8.33. The van der Waals surface area contributed by atoms with Crippen molar-refractivity contribution < 1.29 is 15.9 Å². The molecule has 5 N–H and O–H groups in total. The Morgan fingerprint density at radius 3 is 2.50 bits per heavy atom. The Balaban J connectivity index is 2.12. The predicted molar refractivity (Wildman–Crippen MR) is 77.7 cm³/mol. The number of benzene rings is 2. The third kappa shape index (κ3) is 2.36. The van der Waals surface area contributed by atoms with Gasteiger partial charge in [0, 0.05) is 12.8 Å². The van der Waals surface area contributed by atoms with E-state index < -0.39 is 5.79 Å². The zero-order valence-electron chi connectivity index (χ0n) is 11.4. The van der Waals surface area contributed by atoms with Gasteiger partial charge in [-0.3, -0.25) is 0 Å². The molecule has 2 aromatic carbocycles. The molecule has 1 aliphatic rings. The molecule has 2 aromatic rings. The number of rotatable bonds is 1. The van der Waals surface area contributed by atoms with Gasteiger partial charge in [0.15, 0.2) is 0 Å². The fourth-order valence-corrected chi connectivity index (χ4v) is 2.93. The number of fused-ring (bicyclic) bond motifs is 1. The monoisotopic (exact) mass is 270 g/mol. The average molecular weight is 270 g/mol. The SMILES string of the molecule is [NH3+][C@H]1CCc2cccc(-c3ccccc3)c2CC1(O)O. The normalized spacial score (nSPS) is 21.1. The van der Waals surface area contributed by atoms with E-state index in [4.69, 9.17) is 0 Å². The number of hydrogen-bond donors (Lipinski definition) is 3. The van der Waals surface area contributed by atoms with Crippen molar-refractivity contribution >= 4 is 0 Å². The zero-order chi connectivity index (χ0) is 14.2. The first-order valence-electron chi connectivity index (χ1n) is 7.02. The lowest BCUT2D eigenvalue weighted by Gasteiger charge is -2.24. The maximum atomic E-state index is 10.2. The van der Waals surface area contributed by atoms with E-state index >= 15 is 0 Å². The van der Waals surface area contributed by atoms with Crippen molar-refractivity contribution in [2.45, 2.75) is 31.1 Å². The maximum Gasteiger partial charge on any atom is 0.220 e. The molecule has 104 valence electrons. The molecule has 3 nitrogen and oxygen atoms in total. The third-order valence-electron chi connectivity index (χ3n) is 4.21. The van der Waals surface area contributed by atoms with Crippen LogP contribution < -0.4 is 5.73 Å². The van der Waals surface area contributed by atoms with E-state index in [1.807, 2.05) is 30.3 Å².